The van der Waals surface area contributed by atoms with E-state index in [0.29, 0.717) is 0 Å². The molecular formula is C20H20N2O3. The lowest BCUT2D eigenvalue weighted by Gasteiger charge is -2.23. The molecule has 1 heterocycles. The number of hydrogen-bond donors (Lipinski definition) is 1. The van der Waals surface area contributed by atoms with Gasteiger partial charge in [0.2, 0.25) is 0 Å². The first-order valence-electron chi connectivity index (χ1n) is 8.07. The summed E-state index contributed by atoms with van der Waals surface area (Å²) in [5.41, 5.74) is 2.83. The molecule has 0 aliphatic carbocycles. The highest BCUT2D eigenvalue weighted by molar-refractivity contribution is 6.01. The maximum absolute atomic E-state index is 12.5. The monoisotopic (exact) mass is 336 g/mol. The van der Waals surface area contributed by atoms with Crippen LogP contribution in [0.5, 0.6) is 0 Å². The quantitative estimate of drug-likeness (QED) is 0.873. The minimum atomic E-state index is -0.751. The van der Waals surface area contributed by atoms with Gasteiger partial charge in [0.15, 0.2) is 6.04 Å². The van der Waals surface area contributed by atoms with Gasteiger partial charge in [-0.1, -0.05) is 60.2 Å². The fourth-order valence-corrected chi connectivity index (χ4v) is 2.86. The Bertz CT molecular complexity index is 784. The summed E-state index contributed by atoms with van der Waals surface area (Å²) in [4.78, 5) is 26.2. The molecule has 5 nitrogen and oxygen atoms in total. The lowest BCUT2D eigenvalue weighted by Crippen LogP contribution is -2.41. The first-order chi connectivity index (χ1) is 12.1. The number of anilines is 1. The van der Waals surface area contributed by atoms with Gasteiger partial charge in [-0.2, -0.15) is 0 Å². The average Bonchev–Trinajstić information content (AvgIpc) is 2.97. The van der Waals surface area contributed by atoms with Crippen molar-refractivity contribution in [3.05, 3.63) is 71.8 Å². The molecule has 1 N–H and O–H groups in total. The molecule has 0 saturated carbocycles. The van der Waals surface area contributed by atoms with Crippen molar-refractivity contribution < 1.29 is 14.3 Å². The van der Waals surface area contributed by atoms with Crippen molar-refractivity contribution in [1.29, 1.82) is 0 Å². The van der Waals surface area contributed by atoms with Gasteiger partial charge in [0, 0.05) is 5.69 Å². The van der Waals surface area contributed by atoms with E-state index in [1.165, 1.54) is 7.11 Å². The van der Waals surface area contributed by atoms with Crippen molar-refractivity contribution >= 4 is 23.8 Å². The molecule has 2 amide bonds. The highest BCUT2D eigenvalue weighted by Crippen LogP contribution is 2.26. The second-order valence-electron chi connectivity index (χ2n) is 5.92. The van der Waals surface area contributed by atoms with Gasteiger partial charge in [-0.15, -0.1) is 0 Å². The van der Waals surface area contributed by atoms with Crippen LogP contribution in [0.3, 0.4) is 0 Å². The van der Waals surface area contributed by atoms with E-state index in [4.69, 9.17) is 4.74 Å². The largest absolute Gasteiger partial charge is 0.467 e. The molecule has 3 rings (SSSR count). The summed E-state index contributed by atoms with van der Waals surface area (Å²) in [5.74, 6) is -0.467. The number of carbonyl (C=O) groups excluding carboxylic acids is 2. The Labute approximate surface area is 146 Å². The maximum atomic E-state index is 12.5. The number of aryl methyl sites for hydroxylation is 1. The molecule has 0 aromatic heterocycles. The van der Waals surface area contributed by atoms with E-state index in [2.05, 4.69) is 5.32 Å². The van der Waals surface area contributed by atoms with Crippen LogP contribution in [0.2, 0.25) is 0 Å². The van der Waals surface area contributed by atoms with E-state index in [-0.39, 0.29) is 6.03 Å². The molecule has 1 fully saturated rings. The SMILES string of the molecule is COC(=O)[C@H]1NC(=O)N(c2ccc(C)cc2)[C@@H]1/C=C/c1ccccc1. The number of esters is 1. The zero-order valence-electron chi connectivity index (χ0n) is 14.2. The molecule has 1 aliphatic rings. The van der Waals surface area contributed by atoms with Crippen molar-refractivity contribution in [3.63, 3.8) is 0 Å². The van der Waals surface area contributed by atoms with E-state index in [0.717, 1.165) is 16.8 Å². The number of ether oxygens (including phenoxy) is 1. The Morgan fingerprint density at radius 1 is 1.12 bits per heavy atom. The molecule has 2 aromatic carbocycles. The van der Waals surface area contributed by atoms with E-state index in [1.54, 1.807) is 4.90 Å². The summed E-state index contributed by atoms with van der Waals surface area (Å²) in [6, 6.07) is 15.8. The van der Waals surface area contributed by atoms with Crippen LogP contribution in [-0.2, 0) is 9.53 Å². The third-order valence-corrected chi connectivity index (χ3v) is 4.19. The van der Waals surface area contributed by atoms with Crippen LogP contribution in [0, 0.1) is 6.92 Å². The van der Waals surface area contributed by atoms with Crippen molar-refractivity contribution in [2.45, 2.75) is 19.0 Å². The Morgan fingerprint density at radius 2 is 1.80 bits per heavy atom. The Morgan fingerprint density at radius 3 is 2.44 bits per heavy atom. The van der Waals surface area contributed by atoms with Gasteiger partial charge in [-0.25, -0.2) is 9.59 Å². The molecule has 25 heavy (non-hydrogen) atoms. The number of amides is 2. The lowest BCUT2D eigenvalue weighted by molar-refractivity contribution is -0.142. The van der Waals surface area contributed by atoms with Gasteiger partial charge >= 0.3 is 12.0 Å². The molecular weight excluding hydrogens is 316 g/mol. The van der Waals surface area contributed by atoms with E-state index >= 15 is 0 Å². The summed E-state index contributed by atoms with van der Waals surface area (Å²) >= 11 is 0. The van der Waals surface area contributed by atoms with Gasteiger partial charge < -0.3 is 10.1 Å². The number of hydrogen-bond acceptors (Lipinski definition) is 3. The lowest BCUT2D eigenvalue weighted by atomic mass is 10.1. The Hall–Kier alpha value is -3.08. The number of rotatable bonds is 4. The summed E-state index contributed by atoms with van der Waals surface area (Å²) in [6.07, 6.45) is 3.76. The van der Waals surface area contributed by atoms with Gasteiger partial charge in [0.25, 0.3) is 0 Å². The van der Waals surface area contributed by atoms with Crippen LogP contribution < -0.4 is 10.2 Å². The van der Waals surface area contributed by atoms with Crippen molar-refractivity contribution in [3.8, 4) is 0 Å². The molecule has 0 radical (unpaired) electrons. The molecule has 2 aromatic rings. The van der Waals surface area contributed by atoms with Crippen molar-refractivity contribution in [2.75, 3.05) is 12.0 Å². The Kier molecular flexibility index (Phi) is 4.84. The molecule has 0 unspecified atom stereocenters. The summed E-state index contributed by atoms with van der Waals surface area (Å²) in [5, 5.41) is 2.72. The van der Waals surface area contributed by atoms with E-state index in [9.17, 15) is 9.59 Å². The van der Waals surface area contributed by atoms with Gasteiger partial charge in [-0.05, 0) is 24.6 Å². The molecule has 0 spiro atoms. The minimum absolute atomic E-state index is 0.318. The predicted molar refractivity (Wildman–Crippen MR) is 97.3 cm³/mol. The first kappa shape index (κ1) is 16.8. The average molecular weight is 336 g/mol. The van der Waals surface area contributed by atoms with Crippen LogP contribution in [0.15, 0.2) is 60.7 Å². The summed E-state index contributed by atoms with van der Waals surface area (Å²) < 4.78 is 4.85. The zero-order valence-corrected chi connectivity index (χ0v) is 14.2. The Balaban J connectivity index is 1.96. The molecule has 5 heteroatoms. The van der Waals surface area contributed by atoms with E-state index in [1.807, 2.05) is 73.7 Å². The zero-order chi connectivity index (χ0) is 17.8. The van der Waals surface area contributed by atoms with Crippen LogP contribution in [0.1, 0.15) is 11.1 Å². The number of nitrogens with one attached hydrogen (secondary N) is 1. The normalized spacial score (nSPS) is 19.9. The smallest absolute Gasteiger partial charge is 0.330 e. The second kappa shape index (κ2) is 7.21. The molecule has 1 aliphatic heterocycles. The number of methoxy groups -OCH3 is 1. The summed E-state index contributed by atoms with van der Waals surface area (Å²) in [7, 11) is 1.32. The van der Waals surface area contributed by atoms with Gasteiger partial charge in [-0.3, -0.25) is 4.90 Å². The minimum Gasteiger partial charge on any atom is -0.467 e. The fraction of sp³-hybridized carbons (Fsp3) is 0.200. The van der Waals surface area contributed by atoms with Gasteiger partial charge in [0.1, 0.15) is 0 Å². The van der Waals surface area contributed by atoms with Crippen LogP contribution in [-0.4, -0.2) is 31.2 Å². The summed E-state index contributed by atoms with van der Waals surface area (Å²) in [6.45, 7) is 1.98. The highest BCUT2D eigenvalue weighted by atomic mass is 16.5. The predicted octanol–water partition coefficient (Wildman–Crippen LogP) is 3.15. The second-order valence-corrected chi connectivity index (χ2v) is 5.92. The van der Waals surface area contributed by atoms with Crippen molar-refractivity contribution in [2.24, 2.45) is 0 Å². The molecule has 0 bridgehead atoms. The number of urea groups is 1. The maximum Gasteiger partial charge on any atom is 0.330 e. The molecule has 2 atom stereocenters. The van der Waals surface area contributed by atoms with Crippen molar-refractivity contribution in [1.82, 2.24) is 5.32 Å². The molecule has 128 valence electrons. The fourth-order valence-electron chi connectivity index (χ4n) is 2.86. The topological polar surface area (TPSA) is 58.6 Å². The van der Waals surface area contributed by atoms with Crippen LogP contribution >= 0.6 is 0 Å². The third kappa shape index (κ3) is 3.55. The van der Waals surface area contributed by atoms with E-state index < -0.39 is 18.1 Å². The van der Waals surface area contributed by atoms with Gasteiger partial charge in [0.05, 0.1) is 13.2 Å². The number of nitrogens with zero attached hydrogens (tertiary/aromatic N) is 1. The van der Waals surface area contributed by atoms with Crippen LogP contribution in [0.4, 0.5) is 10.5 Å². The first-order valence-corrected chi connectivity index (χ1v) is 8.07. The number of carbonyl (C=O) groups is 2. The molecule has 1 saturated heterocycles. The third-order valence-electron chi connectivity index (χ3n) is 4.19. The number of benzene rings is 2. The van der Waals surface area contributed by atoms with Crippen LogP contribution in [0.25, 0.3) is 6.08 Å². The highest BCUT2D eigenvalue weighted by Gasteiger charge is 2.43. The standard InChI is InChI=1S/C20H20N2O3/c1-14-8-11-16(12-9-14)22-17(13-10-15-6-4-3-5-7-15)18(19(23)25-2)21-20(22)24/h3-13,17-18H,1-2H3,(H,21,24)/b13-10+/t17-,18+/m1/s1.